The van der Waals surface area contributed by atoms with E-state index in [1.807, 2.05) is 60.7 Å². The van der Waals surface area contributed by atoms with Crippen LogP contribution in [0, 0.1) is 0 Å². The summed E-state index contributed by atoms with van der Waals surface area (Å²) in [4.78, 5) is 15.1. The third-order valence-corrected chi connectivity index (χ3v) is 12.3. The number of benzene rings is 8. The topological polar surface area (TPSA) is 56.7 Å². The standard InChI is InChI=1S/C51H30N4OS/c1-3-14-31(15-4-1)49-52-50(32-16-5-2-6-17-32)54-51(53-49)40-23-12-21-38-37-29-28-33(30-45(37)57-48(38)40)34-20-11-22-39-46-43(26-13-27-44(46)56-47(34)39)55-41-24-9-7-18-35(41)36-19-8-10-25-42(36)55/h1-30H. The molecule has 4 heterocycles. The van der Waals surface area contributed by atoms with Crippen LogP contribution in [-0.2, 0) is 0 Å². The fraction of sp³-hybridized carbons (Fsp3) is 0. The first kappa shape index (κ1) is 31.9. The van der Waals surface area contributed by atoms with Crippen LogP contribution in [0.2, 0.25) is 0 Å². The van der Waals surface area contributed by atoms with E-state index in [0.29, 0.717) is 17.5 Å². The van der Waals surface area contributed by atoms with E-state index < -0.39 is 0 Å². The Morgan fingerprint density at radius 1 is 0.421 bits per heavy atom. The molecule has 0 amide bonds. The molecule has 266 valence electrons. The summed E-state index contributed by atoms with van der Waals surface area (Å²) in [7, 11) is 0. The van der Waals surface area contributed by atoms with Crippen molar-refractivity contribution in [1.82, 2.24) is 19.5 Å². The van der Waals surface area contributed by atoms with E-state index in [1.165, 1.54) is 37.3 Å². The molecule has 8 aromatic carbocycles. The highest BCUT2D eigenvalue weighted by Gasteiger charge is 2.21. The zero-order chi connectivity index (χ0) is 37.5. The summed E-state index contributed by atoms with van der Waals surface area (Å²) in [5.74, 6) is 1.96. The van der Waals surface area contributed by atoms with Crippen LogP contribution in [0.1, 0.15) is 0 Å². The maximum Gasteiger partial charge on any atom is 0.165 e. The highest BCUT2D eigenvalue weighted by atomic mass is 32.1. The third-order valence-electron chi connectivity index (χ3n) is 11.1. The van der Waals surface area contributed by atoms with Gasteiger partial charge in [0.15, 0.2) is 17.5 Å². The molecule has 5 nitrogen and oxygen atoms in total. The van der Waals surface area contributed by atoms with Crippen molar-refractivity contribution in [3.05, 3.63) is 182 Å². The molecule has 4 aromatic heterocycles. The van der Waals surface area contributed by atoms with Gasteiger partial charge in [0.25, 0.3) is 0 Å². The molecule has 0 atom stereocenters. The lowest BCUT2D eigenvalue weighted by atomic mass is 10.0. The van der Waals surface area contributed by atoms with E-state index in [1.54, 1.807) is 11.3 Å². The van der Waals surface area contributed by atoms with Crippen LogP contribution < -0.4 is 0 Å². The summed E-state index contributed by atoms with van der Waals surface area (Å²) in [6.45, 7) is 0. The lowest BCUT2D eigenvalue weighted by Crippen LogP contribution is -2.00. The van der Waals surface area contributed by atoms with Gasteiger partial charge in [0.2, 0.25) is 0 Å². The largest absolute Gasteiger partial charge is 0.455 e. The predicted octanol–water partition coefficient (Wildman–Crippen LogP) is 13.9. The average molecular weight is 747 g/mol. The molecule has 0 N–H and O–H groups in total. The highest BCUT2D eigenvalue weighted by molar-refractivity contribution is 7.26. The molecule has 0 bridgehead atoms. The van der Waals surface area contributed by atoms with Gasteiger partial charge in [0.05, 0.1) is 22.1 Å². The van der Waals surface area contributed by atoms with E-state index in [-0.39, 0.29) is 0 Å². The second-order valence-electron chi connectivity index (χ2n) is 14.3. The first-order valence-corrected chi connectivity index (χ1v) is 19.8. The van der Waals surface area contributed by atoms with Crippen molar-refractivity contribution in [3.63, 3.8) is 0 Å². The Bertz CT molecular complexity index is 3420. The molecule has 0 saturated heterocycles. The number of furan rings is 1. The Balaban J connectivity index is 1.02. The minimum atomic E-state index is 0.653. The van der Waals surface area contributed by atoms with Gasteiger partial charge in [-0.2, -0.15) is 0 Å². The SMILES string of the molecule is c1ccc(-c2nc(-c3ccccc3)nc(-c3cccc4c3sc3cc(-c5cccc6c5oc5cccc(-n7c8ccccc8c8ccccc87)c56)ccc34)n2)cc1. The minimum absolute atomic E-state index is 0.653. The molecular weight excluding hydrogens is 717 g/mol. The van der Waals surface area contributed by atoms with Gasteiger partial charge in [-0.15, -0.1) is 11.3 Å². The maximum absolute atomic E-state index is 6.81. The lowest BCUT2D eigenvalue weighted by molar-refractivity contribution is 0.670. The number of rotatable bonds is 5. The molecule has 0 aliphatic rings. The summed E-state index contributed by atoms with van der Waals surface area (Å²) >= 11 is 1.77. The van der Waals surface area contributed by atoms with E-state index in [9.17, 15) is 0 Å². The number of hydrogen-bond donors (Lipinski definition) is 0. The zero-order valence-electron chi connectivity index (χ0n) is 30.4. The molecule has 0 aliphatic carbocycles. The van der Waals surface area contributed by atoms with E-state index in [2.05, 4.69) is 126 Å². The van der Waals surface area contributed by atoms with Crippen molar-refractivity contribution < 1.29 is 4.42 Å². The van der Waals surface area contributed by atoms with Crippen molar-refractivity contribution in [2.24, 2.45) is 0 Å². The van der Waals surface area contributed by atoms with Gasteiger partial charge < -0.3 is 8.98 Å². The second kappa shape index (κ2) is 12.6. The quantitative estimate of drug-likeness (QED) is 0.176. The molecule has 0 saturated carbocycles. The Morgan fingerprint density at radius 2 is 1.00 bits per heavy atom. The molecule has 12 aromatic rings. The van der Waals surface area contributed by atoms with Gasteiger partial charge in [0, 0.05) is 58.6 Å². The van der Waals surface area contributed by atoms with Crippen molar-refractivity contribution >= 4 is 75.3 Å². The van der Waals surface area contributed by atoms with Crippen LogP contribution in [-0.4, -0.2) is 19.5 Å². The third kappa shape index (κ3) is 4.98. The molecule has 0 aliphatic heterocycles. The first-order chi connectivity index (χ1) is 28.3. The molecule has 57 heavy (non-hydrogen) atoms. The number of nitrogens with zero attached hydrogens (tertiary/aromatic N) is 4. The summed E-state index contributed by atoms with van der Waals surface area (Å²) in [6, 6.07) is 63.7. The molecule has 0 spiro atoms. The van der Waals surface area contributed by atoms with Gasteiger partial charge in [-0.25, -0.2) is 15.0 Å². The van der Waals surface area contributed by atoms with Gasteiger partial charge in [0.1, 0.15) is 11.2 Å². The van der Waals surface area contributed by atoms with Gasteiger partial charge in [-0.1, -0.05) is 146 Å². The highest BCUT2D eigenvalue weighted by Crippen LogP contribution is 2.44. The summed E-state index contributed by atoms with van der Waals surface area (Å²) in [5.41, 5.74) is 10.3. The van der Waals surface area contributed by atoms with Crippen LogP contribution in [0.3, 0.4) is 0 Å². The van der Waals surface area contributed by atoms with Crippen LogP contribution in [0.4, 0.5) is 0 Å². The molecule has 12 rings (SSSR count). The van der Waals surface area contributed by atoms with E-state index in [4.69, 9.17) is 19.4 Å². The monoisotopic (exact) mass is 746 g/mol. The van der Waals surface area contributed by atoms with Gasteiger partial charge in [-0.05, 0) is 42.0 Å². The van der Waals surface area contributed by atoms with Crippen LogP contribution in [0.5, 0.6) is 0 Å². The minimum Gasteiger partial charge on any atom is -0.455 e. The number of fused-ring (bicyclic) bond motifs is 9. The maximum atomic E-state index is 6.81. The number of aromatic nitrogens is 4. The van der Waals surface area contributed by atoms with E-state index in [0.717, 1.165) is 60.1 Å². The number of hydrogen-bond acceptors (Lipinski definition) is 5. The first-order valence-electron chi connectivity index (χ1n) is 19.0. The fourth-order valence-electron chi connectivity index (χ4n) is 8.50. The Labute approximate surface area is 330 Å². The normalized spacial score (nSPS) is 11.9. The van der Waals surface area contributed by atoms with E-state index >= 15 is 0 Å². The molecule has 0 fully saturated rings. The van der Waals surface area contributed by atoms with Crippen molar-refractivity contribution in [3.8, 4) is 51.0 Å². The zero-order valence-corrected chi connectivity index (χ0v) is 31.2. The number of para-hydroxylation sites is 3. The Kier molecular flexibility index (Phi) is 7.03. The lowest BCUT2D eigenvalue weighted by Gasteiger charge is -2.09. The molecule has 6 heteroatoms. The van der Waals surface area contributed by atoms with Crippen LogP contribution >= 0.6 is 11.3 Å². The Hall–Kier alpha value is -7.41. The van der Waals surface area contributed by atoms with Crippen LogP contribution in [0.25, 0.3) is 115 Å². The van der Waals surface area contributed by atoms with Crippen molar-refractivity contribution in [2.45, 2.75) is 0 Å². The smallest absolute Gasteiger partial charge is 0.165 e. The molecular formula is C51H30N4OS. The summed E-state index contributed by atoms with van der Waals surface area (Å²) in [5, 5.41) is 7.06. The average Bonchev–Trinajstić information content (AvgIpc) is 3.96. The van der Waals surface area contributed by atoms with Crippen molar-refractivity contribution in [1.29, 1.82) is 0 Å². The number of thiophene rings is 1. The molecule has 0 radical (unpaired) electrons. The van der Waals surface area contributed by atoms with Crippen molar-refractivity contribution in [2.75, 3.05) is 0 Å². The van der Waals surface area contributed by atoms with Crippen LogP contribution in [0.15, 0.2) is 186 Å². The fourth-order valence-corrected chi connectivity index (χ4v) is 9.75. The predicted molar refractivity (Wildman–Crippen MR) is 236 cm³/mol. The molecule has 0 unspecified atom stereocenters. The van der Waals surface area contributed by atoms with Gasteiger partial charge in [-0.3, -0.25) is 0 Å². The summed E-state index contributed by atoms with van der Waals surface area (Å²) < 4.78 is 11.5. The second-order valence-corrected chi connectivity index (χ2v) is 15.4. The summed E-state index contributed by atoms with van der Waals surface area (Å²) in [6.07, 6.45) is 0. The Morgan fingerprint density at radius 3 is 1.70 bits per heavy atom. The van der Waals surface area contributed by atoms with Gasteiger partial charge >= 0.3 is 0 Å².